The Labute approximate surface area is 570 Å². The van der Waals surface area contributed by atoms with Crippen molar-refractivity contribution >= 4 is 76.9 Å². The molecule has 548 valence electrons. The van der Waals surface area contributed by atoms with Gasteiger partial charge in [0.1, 0.15) is 54.1 Å². The number of aliphatic carboxylic acids is 1. The number of hydrogen-bond donors (Lipinski definition) is 19. The first-order valence-corrected chi connectivity index (χ1v) is 32.6. The smallest absolute Gasteiger partial charge is 0.328 e. The Kier molecular flexibility index (Phi) is 36.4. The van der Waals surface area contributed by atoms with E-state index < -0.39 is 181 Å². The van der Waals surface area contributed by atoms with E-state index in [0.29, 0.717) is 22.4 Å². The predicted molar refractivity (Wildman–Crippen MR) is 359 cm³/mol. The van der Waals surface area contributed by atoms with Gasteiger partial charge < -0.3 is 106 Å². The van der Waals surface area contributed by atoms with E-state index in [1.165, 1.54) is 30.3 Å². The maximum atomic E-state index is 14.6. The van der Waals surface area contributed by atoms with Gasteiger partial charge in [-0.1, -0.05) is 118 Å². The summed E-state index contributed by atoms with van der Waals surface area (Å²) in [5, 5.41) is 85.8. The number of aliphatic hydroxyl groups excluding tert-OH is 4. The van der Waals surface area contributed by atoms with Crippen LogP contribution in [0, 0.1) is 29.6 Å². The van der Waals surface area contributed by atoms with Crippen molar-refractivity contribution in [2.45, 2.75) is 206 Å². The molecular weight excluding hydrogens is 1280 g/mol. The van der Waals surface area contributed by atoms with E-state index in [0.717, 1.165) is 6.92 Å². The van der Waals surface area contributed by atoms with E-state index in [9.17, 15) is 88.2 Å². The first-order valence-electron chi connectivity index (χ1n) is 32.6. The zero-order valence-corrected chi connectivity index (χ0v) is 57.7. The summed E-state index contributed by atoms with van der Waals surface area (Å²) >= 11 is 0. The number of aliphatic imine (C=N–C) groups is 1. The standard InChI is InChI=1S/C65H105N15O18/c1-12-36(10)48(61(94)78-49(37(11)82)60(93)71-29-47(84)76-51(53(86)54(67)87)63(96)80(46(31-81)64(97)98)30-38-18-14-13-15-19-38)77-56(89)42(22-17-23-70-65(68)69)72-57(90)44(26-34(6)7)75-62(95)50(52(85)35(8)9)79-59(92)45(28-39-20-16-21-40(83)27-39)74-58(91)43(25-33(4)5)73-55(88)41(66)24-32(2)3/h13-16,18-21,27,32-37,41-46,48-53,81-83,85-86H,12,17,22-26,28-31,66H2,1-11H3,(H2,67,87)(H,71,93)(H,72,90)(H,73,88)(H,74,91)(H,75,95)(H,76,84)(H,77,89)(H,78,94)(H,79,92)(H,97,98)(H4,68,69,70)/t36-,37-,41+,42+,43-,44-,45-,46-,48-,49-,50-,51-,52?,53?/m0/s1. The number of phenols is 1. The summed E-state index contributed by atoms with van der Waals surface area (Å²) in [6.07, 6.45) is -5.71. The summed E-state index contributed by atoms with van der Waals surface area (Å²) in [6.45, 7) is 15.5. The molecular formula is C65H105N15O18. The van der Waals surface area contributed by atoms with Crippen LogP contribution in [0.25, 0.3) is 0 Å². The number of carbonyl (C=O) groups excluding carboxylic acids is 11. The van der Waals surface area contributed by atoms with Crippen LogP contribution in [0.3, 0.4) is 0 Å². The number of phenolic OH excluding ortho intramolecular Hbond substituents is 1. The average molecular weight is 1380 g/mol. The summed E-state index contributed by atoms with van der Waals surface area (Å²) in [5.74, 6) is -15.8. The quantitative estimate of drug-likeness (QED) is 0.0172. The van der Waals surface area contributed by atoms with E-state index in [-0.39, 0.29) is 74.5 Å². The van der Waals surface area contributed by atoms with Crippen LogP contribution >= 0.6 is 0 Å². The SMILES string of the molecule is CC[C@H](C)[C@H](NC(=O)[C@@H](CCCN=C(N)N)NC(=O)[C@H](CC(C)C)NC(=O)[C@@H](NC(=O)[C@H](Cc1cccc(O)c1)NC(=O)[C@H](CC(C)C)NC(=O)[C@H](N)CC(C)C)C(O)C(C)C)C(=O)N[C@H](C(=O)NCC(=O)N[C@H](C(=O)N(Cc1ccccc1)[C@@H](CO)C(=O)O)C(O)C(N)=O)[C@H](C)O. The van der Waals surface area contributed by atoms with E-state index in [4.69, 9.17) is 22.9 Å². The van der Waals surface area contributed by atoms with Gasteiger partial charge in [-0.25, -0.2) is 4.79 Å². The van der Waals surface area contributed by atoms with E-state index in [1.807, 2.05) is 33.0 Å². The van der Waals surface area contributed by atoms with E-state index >= 15 is 0 Å². The molecule has 33 nitrogen and oxygen atoms in total. The summed E-state index contributed by atoms with van der Waals surface area (Å²) in [5.41, 5.74) is 23.3. The molecule has 0 aromatic heterocycles. The Morgan fingerprint density at radius 3 is 1.56 bits per heavy atom. The molecule has 0 bridgehead atoms. The van der Waals surface area contributed by atoms with Crippen LogP contribution in [0.4, 0.5) is 0 Å². The van der Waals surface area contributed by atoms with Crippen LogP contribution in [0.15, 0.2) is 59.6 Å². The molecule has 0 radical (unpaired) electrons. The van der Waals surface area contributed by atoms with Gasteiger partial charge in [0, 0.05) is 19.5 Å². The van der Waals surface area contributed by atoms with Gasteiger partial charge in [-0.2, -0.15) is 0 Å². The van der Waals surface area contributed by atoms with Gasteiger partial charge >= 0.3 is 5.97 Å². The van der Waals surface area contributed by atoms with Crippen LogP contribution < -0.4 is 70.8 Å². The number of carboxylic acids is 1. The molecule has 0 spiro atoms. The second-order valence-electron chi connectivity index (χ2n) is 26.0. The van der Waals surface area contributed by atoms with Gasteiger partial charge in [-0.05, 0) is 91.9 Å². The number of nitrogens with one attached hydrogen (secondary N) is 9. The summed E-state index contributed by atoms with van der Waals surface area (Å²) in [7, 11) is 0. The highest BCUT2D eigenvalue weighted by atomic mass is 16.4. The molecule has 0 aliphatic rings. The number of carbonyl (C=O) groups is 12. The first kappa shape index (κ1) is 85.0. The highest BCUT2D eigenvalue weighted by molar-refractivity contribution is 6.00. The first-order chi connectivity index (χ1) is 45.8. The summed E-state index contributed by atoms with van der Waals surface area (Å²) in [4.78, 5) is 170. The van der Waals surface area contributed by atoms with Gasteiger partial charge in [0.15, 0.2) is 18.1 Å². The largest absolute Gasteiger partial charge is 0.508 e. The van der Waals surface area contributed by atoms with Crippen LogP contribution in [-0.4, -0.2) is 211 Å². The fourth-order valence-corrected chi connectivity index (χ4v) is 10.1. The molecule has 0 heterocycles. The van der Waals surface area contributed by atoms with Crippen LogP contribution in [0.1, 0.15) is 126 Å². The molecule has 0 aliphatic heterocycles. The maximum Gasteiger partial charge on any atom is 0.328 e. The molecule has 33 heteroatoms. The third-order valence-corrected chi connectivity index (χ3v) is 15.7. The number of carboxylic acid groups (broad SMARTS) is 1. The topological polar surface area (TPSA) is 554 Å². The Balaban J connectivity index is 2.53. The van der Waals surface area contributed by atoms with Crippen molar-refractivity contribution in [2.24, 2.45) is 57.5 Å². The third-order valence-electron chi connectivity index (χ3n) is 15.7. The Bertz CT molecular complexity index is 3020. The monoisotopic (exact) mass is 1380 g/mol. The molecule has 0 saturated heterocycles. The van der Waals surface area contributed by atoms with Crippen molar-refractivity contribution in [1.29, 1.82) is 0 Å². The van der Waals surface area contributed by atoms with Gasteiger partial charge in [0.25, 0.3) is 0 Å². The zero-order valence-electron chi connectivity index (χ0n) is 57.7. The molecule has 2 rings (SSSR count). The van der Waals surface area contributed by atoms with Gasteiger partial charge in [-0.15, -0.1) is 0 Å². The van der Waals surface area contributed by atoms with Gasteiger partial charge in [0.2, 0.25) is 65.0 Å². The molecule has 23 N–H and O–H groups in total. The summed E-state index contributed by atoms with van der Waals surface area (Å²) < 4.78 is 0. The van der Waals surface area contributed by atoms with Gasteiger partial charge in [-0.3, -0.25) is 57.7 Å². The third kappa shape index (κ3) is 29.0. The van der Waals surface area contributed by atoms with Gasteiger partial charge in [0.05, 0.1) is 31.4 Å². The van der Waals surface area contributed by atoms with Crippen LogP contribution in [0.2, 0.25) is 0 Å². The second-order valence-corrected chi connectivity index (χ2v) is 26.0. The predicted octanol–water partition coefficient (Wildman–Crippen LogP) is -3.79. The number of aromatic hydroxyl groups is 1. The van der Waals surface area contributed by atoms with Crippen molar-refractivity contribution in [2.75, 3.05) is 19.7 Å². The van der Waals surface area contributed by atoms with E-state index in [2.05, 4.69) is 47.5 Å². The maximum absolute atomic E-state index is 14.6. The fourth-order valence-electron chi connectivity index (χ4n) is 10.1. The molecule has 0 saturated carbocycles. The van der Waals surface area contributed by atoms with E-state index in [1.54, 1.807) is 65.8 Å². The van der Waals surface area contributed by atoms with Crippen molar-refractivity contribution in [1.82, 2.24) is 52.8 Å². The number of nitrogens with zero attached hydrogens (tertiary/aromatic N) is 2. The number of nitrogens with two attached hydrogens (primary N) is 4. The second kappa shape index (κ2) is 41.9. The molecule has 2 aromatic rings. The minimum Gasteiger partial charge on any atom is -0.508 e. The number of amides is 11. The molecule has 11 amide bonds. The number of primary amides is 1. The number of aliphatic hydroxyl groups is 4. The summed E-state index contributed by atoms with van der Waals surface area (Å²) in [6, 6.07) is -2.54. The lowest BCUT2D eigenvalue weighted by Gasteiger charge is -2.33. The lowest BCUT2D eigenvalue weighted by Crippen LogP contribution is -2.63. The molecule has 0 fully saturated rings. The minimum atomic E-state index is -2.48. The minimum absolute atomic E-state index is 0.0363. The molecule has 98 heavy (non-hydrogen) atoms. The van der Waals surface area contributed by atoms with Crippen LogP contribution in [0.5, 0.6) is 5.75 Å². The number of hydrogen-bond acceptors (Lipinski definition) is 19. The Morgan fingerprint density at radius 1 is 0.561 bits per heavy atom. The van der Waals surface area contributed by atoms with Crippen molar-refractivity contribution in [3.05, 3.63) is 65.7 Å². The zero-order chi connectivity index (χ0) is 74.4. The van der Waals surface area contributed by atoms with Crippen molar-refractivity contribution in [3.8, 4) is 5.75 Å². The average Bonchev–Trinajstić information content (AvgIpc) is 0.834. The van der Waals surface area contributed by atoms with Crippen molar-refractivity contribution in [3.63, 3.8) is 0 Å². The number of rotatable bonds is 43. The molecule has 2 aromatic carbocycles. The fraction of sp³-hybridized carbons (Fsp3) is 0.615. The number of guanidine groups is 1. The highest BCUT2D eigenvalue weighted by Crippen LogP contribution is 2.19. The molecule has 14 atom stereocenters. The molecule has 0 aliphatic carbocycles. The Morgan fingerprint density at radius 2 is 1.06 bits per heavy atom. The lowest BCUT2D eigenvalue weighted by molar-refractivity contribution is -0.156. The lowest BCUT2D eigenvalue weighted by atomic mass is 9.96. The highest BCUT2D eigenvalue weighted by Gasteiger charge is 2.42. The van der Waals surface area contributed by atoms with Crippen LogP contribution in [-0.2, 0) is 70.5 Å². The normalized spacial score (nSPS) is 15.7. The number of benzene rings is 2. The Hall–Kier alpha value is -9.05. The molecule has 2 unspecified atom stereocenters. The van der Waals surface area contributed by atoms with Crippen molar-refractivity contribution < 1.29 is 88.2 Å².